The van der Waals surface area contributed by atoms with Gasteiger partial charge in [0, 0.05) is 12.1 Å². The van der Waals surface area contributed by atoms with E-state index in [1.807, 2.05) is 0 Å². The molecule has 1 atom stereocenters. The van der Waals surface area contributed by atoms with E-state index in [4.69, 9.17) is 22.7 Å². The van der Waals surface area contributed by atoms with Crippen molar-refractivity contribution in [3.8, 4) is 5.75 Å². The van der Waals surface area contributed by atoms with Crippen LogP contribution in [0.25, 0.3) is 11.0 Å². The van der Waals surface area contributed by atoms with E-state index in [-0.39, 0.29) is 5.75 Å². The molecule has 96 valence electrons. The molecule has 0 fully saturated rings. The van der Waals surface area contributed by atoms with Crippen LogP contribution in [0.4, 0.5) is 4.39 Å². The second-order valence-corrected chi connectivity index (χ2v) is 4.27. The number of benzene rings is 1. The van der Waals surface area contributed by atoms with Crippen molar-refractivity contribution in [2.24, 2.45) is 5.73 Å². The molecule has 1 aromatic carbocycles. The number of nitrogens with two attached hydrogens (primary N) is 1. The maximum absolute atomic E-state index is 13.5. The van der Waals surface area contributed by atoms with Gasteiger partial charge in [-0.2, -0.15) is 0 Å². The lowest BCUT2D eigenvalue weighted by Gasteiger charge is -2.11. The highest BCUT2D eigenvalue weighted by Gasteiger charge is 2.17. The van der Waals surface area contributed by atoms with Gasteiger partial charge in [-0.15, -0.1) is 0 Å². The molecule has 1 unspecified atom stereocenters. The fourth-order valence-electron chi connectivity index (χ4n) is 1.80. The van der Waals surface area contributed by atoms with Crippen LogP contribution in [0.5, 0.6) is 5.75 Å². The zero-order valence-electron chi connectivity index (χ0n) is 9.86. The van der Waals surface area contributed by atoms with E-state index in [0.29, 0.717) is 15.8 Å². The van der Waals surface area contributed by atoms with E-state index in [0.717, 1.165) is 0 Å². The average molecular weight is 269 g/mol. The Kier molecular flexibility index (Phi) is 3.08. The highest BCUT2D eigenvalue weighted by Crippen LogP contribution is 2.26. The monoisotopic (exact) mass is 269 g/mol. The van der Waals surface area contributed by atoms with Crippen LogP contribution in [0.15, 0.2) is 12.1 Å². The van der Waals surface area contributed by atoms with Crippen LogP contribution in [-0.2, 0) is 4.79 Å². The van der Waals surface area contributed by atoms with Crippen LogP contribution in [0.2, 0.25) is 0 Å². The molecule has 1 heterocycles. The smallest absolute Gasteiger partial charge is 0.240 e. The van der Waals surface area contributed by atoms with Gasteiger partial charge >= 0.3 is 0 Å². The quantitative estimate of drug-likeness (QED) is 0.836. The number of amides is 1. The average Bonchev–Trinajstić information content (AvgIpc) is 2.61. The number of primary amides is 1. The van der Waals surface area contributed by atoms with E-state index in [1.165, 1.54) is 23.8 Å². The molecule has 2 aromatic rings. The van der Waals surface area contributed by atoms with Gasteiger partial charge in [0.15, 0.2) is 16.3 Å². The number of aromatic amines is 1. The number of hydrogen-bond acceptors (Lipinski definition) is 3. The molecule has 18 heavy (non-hydrogen) atoms. The van der Waals surface area contributed by atoms with Crippen LogP contribution >= 0.6 is 12.2 Å². The molecule has 0 spiro atoms. The molecular weight excluding hydrogens is 257 g/mol. The number of H-pyrrole nitrogens is 1. The van der Waals surface area contributed by atoms with Crippen LogP contribution in [0.3, 0.4) is 0 Å². The van der Waals surface area contributed by atoms with E-state index in [9.17, 15) is 9.18 Å². The molecule has 0 aliphatic rings. The molecular formula is C11H12FN3O2S. The Morgan fingerprint density at radius 1 is 1.61 bits per heavy atom. The maximum Gasteiger partial charge on any atom is 0.240 e. The number of fused-ring (bicyclic) bond motifs is 1. The van der Waals surface area contributed by atoms with Crippen molar-refractivity contribution in [1.29, 1.82) is 0 Å². The van der Waals surface area contributed by atoms with Crippen LogP contribution in [0.1, 0.15) is 13.0 Å². The molecule has 0 aliphatic carbocycles. The molecule has 0 saturated heterocycles. The SMILES string of the molecule is COc1cc2c(cc1F)[nH]c(=S)n2C(C)C(N)=O. The summed E-state index contributed by atoms with van der Waals surface area (Å²) in [5.74, 6) is -0.933. The Hall–Kier alpha value is -1.89. The summed E-state index contributed by atoms with van der Waals surface area (Å²) in [6, 6.07) is 2.13. The number of rotatable bonds is 3. The van der Waals surface area contributed by atoms with Gasteiger partial charge in [-0.05, 0) is 19.1 Å². The molecule has 0 bridgehead atoms. The first-order valence-electron chi connectivity index (χ1n) is 5.22. The third-order valence-corrected chi connectivity index (χ3v) is 3.09. The van der Waals surface area contributed by atoms with Crippen molar-refractivity contribution in [3.63, 3.8) is 0 Å². The normalized spacial score (nSPS) is 12.6. The number of carbonyl (C=O) groups excluding carboxylic acids is 1. The summed E-state index contributed by atoms with van der Waals surface area (Å²) in [5, 5.41) is 0. The summed E-state index contributed by atoms with van der Waals surface area (Å²) in [5.41, 5.74) is 6.33. The fraction of sp³-hybridized carbons (Fsp3) is 0.273. The minimum absolute atomic E-state index is 0.0851. The summed E-state index contributed by atoms with van der Waals surface area (Å²) in [4.78, 5) is 14.1. The summed E-state index contributed by atoms with van der Waals surface area (Å²) in [6.07, 6.45) is 0. The number of nitrogens with zero attached hydrogens (tertiary/aromatic N) is 1. The number of aromatic nitrogens is 2. The van der Waals surface area contributed by atoms with Gasteiger partial charge in [0.05, 0.1) is 18.1 Å². The van der Waals surface area contributed by atoms with E-state index >= 15 is 0 Å². The standard InChI is InChI=1S/C11H12FN3O2S/c1-5(10(13)16)15-8-4-9(17-2)6(12)3-7(8)14-11(15)18/h3-5H,1-2H3,(H2,13,16)(H,14,18). The Morgan fingerprint density at radius 2 is 2.28 bits per heavy atom. The fourth-order valence-corrected chi connectivity index (χ4v) is 2.16. The van der Waals surface area contributed by atoms with Gasteiger partial charge in [-0.3, -0.25) is 4.79 Å². The highest BCUT2D eigenvalue weighted by atomic mass is 32.1. The zero-order chi connectivity index (χ0) is 13.4. The lowest BCUT2D eigenvalue weighted by Crippen LogP contribution is -2.24. The minimum atomic E-state index is -0.624. The predicted molar refractivity (Wildman–Crippen MR) is 67.5 cm³/mol. The Labute approximate surface area is 107 Å². The van der Waals surface area contributed by atoms with Gasteiger partial charge in [0.25, 0.3) is 0 Å². The second-order valence-electron chi connectivity index (χ2n) is 3.88. The Bertz CT molecular complexity index is 677. The lowest BCUT2D eigenvalue weighted by atomic mass is 10.2. The van der Waals surface area contributed by atoms with Gasteiger partial charge in [0.2, 0.25) is 5.91 Å². The van der Waals surface area contributed by atoms with Crippen molar-refractivity contribution >= 4 is 29.2 Å². The minimum Gasteiger partial charge on any atom is -0.494 e. The second kappa shape index (κ2) is 4.41. The van der Waals surface area contributed by atoms with Crippen molar-refractivity contribution in [3.05, 3.63) is 22.7 Å². The summed E-state index contributed by atoms with van der Waals surface area (Å²) in [6.45, 7) is 1.63. The van der Waals surface area contributed by atoms with E-state index in [2.05, 4.69) is 4.98 Å². The van der Waals surface area contributed by atoms with E-state index in [1.54, 1.807) is 6.92 Å². The van der Waals surface area contributed by atoms with Crippen molar-refractivity contribution in [2.75, 3.05) is 7.11 Å². The molecule has 0 saturated carbocycles. The van der Waals surface area contributed by atoms with Gasteiger partial charge in [0.1, 0.15) is 6.04 Å². The largest absolute Gasteiger partial charge is 0.494 e. The topological polar surface area (TPSA) is 73.0 Å². The Morgan fingerprint density at radius 3 is 2.83 bits per heavy atom. The van der Waals surface area contributed by atoms with Gasteiger partial charge in [-0.25, -0.2) is 4.39 Å². The molecule has 7 heteroatoms. The molecule has 3 N–H and O–H groups in total. The molecule has 0 radical (unpaired) electrons. The molecule has 0 aliphatic heterocycles. The third-order valence-electron chi connectivity index (χ3n) is 2.79. The summed E-state index contributed by atoms with van der Waals surface area (Å²) in [7, 11) is 1.37. The van der Waals surface area contributed by atoms with Crippen LogP contribution < -0.4 is 10.5 Å². The highest BCUT2D eigenvalue weighted by molar-refractivity contribution is 7.71. The number of imidazole rings is 1. The van der Waals surface area contributed by atoms with Crippen LogP contribution in [-0.4, -0.2) is 22.6 Å². The van der Waals surface area contributed by atoms with Crippen molar-refractivity contribution in [2.45, 2.75) is 13.0 Å². The zero-order valence-corrected chi connectivity index (χ0v) is 10.7. The first kappa shape index (κ1) is 12.6. The first-order valence-corrected chi connectivity index (χ1v) is 5.63. The molecule has 1 aromatic heterocycles. The van der Waals surface area contributed by atoms with Gasteiger partial charge < -0.3 is 20.0 Å². The third kappa shape index (κ3) is 1.86. The summed E-state index contributed by atoms with van der Waals surface area (Å²) < 4.78 is 20.3. The Balaban J connectivity index is 2.77. The number of halogens is 1. The van der Waals surface area contributed by atoms with Gasteiger partial charge in [-0.1, -0.05) is 0 Å². The maximum atomic E-state index is 13.5. The lowest BCUT2D eigenvalue weighted by molar-refractivity contribution is -0.120. The van der Waals surface area contributed by atoms with Crippen LogP contribution in [0, 0.1) is 10.6 Å². The molecule has 1 amide bonds. The summed E-state index contributed by atoms with van der Waals surface area (Å²) >= 11 is 5.11. The first-order chi connectivity index (χ1) is 8.45. The van der Waals surface area contributed by atoms with E-state index < -0.39 is 17.8 Å². The van der Waals surface area contributed by atoms with Crippen molar-refractivity contribution < 1.29 is 13.9 Å². The number of nitrogens with one attached hydrogen (secondary N) is 1. The van der Waals surface area contributed by atoms with Crippen molar-refractivity contribution in [1.82, 2.24) is 9.55 Å². The molecule has 2 rings (SSSR count). The number of ether oxygens (including phenoxy) is 1. The number of carbonyl (C=O) groups is 1. The number of methoxy groups -OCH3 is 1. The number of hydrogen-bond donors (Lipinski definition) is 2. The predicted octanol–water partition coefficient (Wildman–Crippen LogP) is 1.89. The molecule has 5 nitrogen and oxygen atoms in total.